The highest BCUT2D eigenvalue weighted by molar-refractivity contribution is 7.91. The summed E-state index contributed by atoms with van der Waals surface area (Å²) in [6.45, 7) is 1.71. The third kappa shape index (κ3) is 3.65. The molecule has 0 fully saturated rings. The van der Waals surface area contributed by atoms with Gasteiger partial charge in [-0.15, -0.1) is 11.3 Å². The minimum Gasteiger partial charge on any atom is -0.477 e. The van der Waals surface area contributed by atoms with Crippen molar-refractivity contribution in [1.82, 2.24) is 19.5 Å². The van der Waals surface area contributed by atoms with Crippen LogP contribution in [0.25, 0.3) is 0 Å². The number of nitrogens with one attached hydrogen (secondary N) is 1. The molecule has 114 valence electrons. The Labute approximate surface area is 125 Å². The van der Waals surface area contributed by atoms with Crippen LogP contribution in [-0.4, -0.2) is 40.8 Å². The van der Waals surface area contributed by atoms with Gasteiger partial charge in [0.15, 0.2) is 5.82 Å². The van der Waals surface area contributed by atoms with Crippen molar-refractivity contribution in [1.29, 1.82) is 0 Å². The lowest BCUT2D eigenvalue weighted by molar-refractivity contribution is 0.0701. The third-order valence-corrected chi connectivity index (χ3v) is 5.80. The van der Waals surface area contributed by atoms with E-state index in [0.717, 1.165) is 11.3 Å². The van der Waals surface area contributed by atoms with Gasteiger partial charge in [0.2, 0.25) is 10.0 Å². The first-order valence-electron chi connectivity index (χ1n) is 5.97. The van der Waals surface area contributed by atoms with Crippen LogP contribution in [0, 0.1) is 6.92 Å². The van der Waals surface area contributed by atoms with Gasteiger partial charge in [0.05, 0.1) is 0 Å². The number of rotatable bonds is 6. The molecule has 0 bridgehead atoms. The van der Waals surface area contributed by atoms with Crippen LogP contribution in [0.1, 0.15) is 21.1 Å². The Morgan fingerprint density at radius 1 is 1.52 bits per heavy atom. The lowest BCUT2D eigenvalue weighted by Crippen LogP contribution is -2.25. The van der Waals surface area contributed by atoms with Crippen molar-refractivity contribution >= 4 is 27.3 Å². The second-order valence-electron chi connectivity index (χ2n) is 4.36. The van der Waals surface area contributed by atoms with E-state index in [1.54, 1.807) is 14.0 Å². The lowest BCUT2D eigenvalue weighted by Gasteiger charge is -2.02. The largest absolute Gasteiger partial charge is 0.477 e. The first-order chi connectivity index (χ1) is 9.79. The summed E-state index contributed by atoms with van der Waals surface area (Å²) in [6.07, 6.45) is 1.89. The van der Waals surface area contributed by atoms with Crippen LogP contribution >= 0.6 is 11.3 Å². The molecule has 10 heteroatoms. The topological polar surface area (TPSA) is 114 Å². The molecule has 0 aliphatic rings. The number of thiophene rings is 1. The molecule has 0 saturated carbocycles. The molecule has 0 aliphatic heterocycles. The summed E-state index contributed by atoms with van der Waals surface area (Å²) in [5.41, 5.74) is 0.430. The fraction of sp³-hybridized carbons (Fsp3) is 0.364. The number of hydrogen-bond donors (Lipinski definition) is 2. The van der Waals surface area contributed by atoms with Gasteiger partial charge in [-0.05, 0) is 18.6 Å². The zero-order valence-corrected chi connectivity index (χ0v) is 13.0. The van der Waals surface area contributed by atoms with Gasteiger partial charge < -0.3 is 5.11 Å². The Balaban J connectivity index is 2.04. The summed E-state index contributed by atoms with van der Waals surface area (Å²) in [4.78, 5) is 15.0. The Bertz CT molecular complexity index is 763. The summed E-state index contributed by atoms with van der Waals surface area (Å²) < 4.78 is 28.1. The molecule has 2 rings (SSSR count). The first-order valence-corrected chi connectivity index (χ1v) is 8.27. The molecule has 0 radical (unpaired) electrons. The van der Waals surface area contributed by atoms with Gasteiger partial charge in [-0.2, -0.15) is 5.10 Å². The number of nitrogens with zero attached hydrogens (tertiary/aromatic N) is 3. The van der Waals surface area contributed by atoms with Crippen molar-refractivity contribution in [3.05, 3.63) is 28.7 Å². The average molecular weight is 330 g/mol. The van der Waals surface area contributed by atoms with E-state index in [9.17, 15) is 13.2 Å². The van der Waals surface area contributed by atoms with Crippen molar-refractivity contribution in [2.45, 2.75) is 17.6 Å². The Kier molecular flexibility index (Phi) is 4.40. The number of aromatic nitrogens is 3. The zero-order chi connectivity index (χ0) is 15.6. The molecule has 2 aromatic heterocycles. The van der Waals surface area contributed by atoms with Crippen LogP contribution in [-0.2, 0) is 23.5 Å². The van der Waals surface area contributed by atoms with Crippen molar-refractivity contribution in [2.75, 3.05) is 6.54 Å². The molecule has 8 nitrogen and oxygen atoms in total. The highest BCUT2D eigenvalue weighted by Crippen LogP contribution is 2.25. The van der Waals surface area contributed by atoms with Crippen LogP contribution in [0.5, 0.6) is 0 Å². The van der Waals surface area contributed by atoms with E-state index in [0.29, 0.717) is 17.8 Å². The molecule has 0 amide bonds. The standard InChI is InChI=1S/C11H14N4O4S2/c1-7-5-9(20-10(7)11(16)17)21(18,19)13-4-3-8-12-6-15(2)14-8/h5-6,13H,3-4H2,1-2H3,(H,16,17). The van der Waals surface area contributed by atoms with Crippen molar-refractivity contribution in [3.63, 3.8) is 0 Å². The summed E-state index contributed by atoms with van der Waals surface area (Å²) in [6, 6.07) is 1.36. The van der Waals surface area contributed by atoms with Gasteiger partial charge in [0, 0.05) is 20.0 Å². The molecule has 0 unspecified atom stereocenters. The van der Waals surface area contributed by atoms with Gasteiger partial charge in [-0.3, -0.25) is 4.68 Å². The van der Waals surface area contributed by atoms with Gasteiger partial charge in [0.1, 0.15) is 15.4 Å². The van der Waals surface area contributed by atoms with E-state index < -0.39 is 16.0 Å². The molecule has 0 spiro atoms. The van der Waals surface area contributed by atoms with E-state index in [2.05, 4.69) is 14.8 Å². The molecule has 0 aliphatic carbocycles. The molecule has 0 atom stereocenters. The Hall–Kier alpha value is -1.78. The van der Waals surface area contributed by atoms with Gasteiger partial charge in [0.25, 0.3) is 0 Å². The van der Waals surface area contributed by atoms with Crippen LogP contribution in [0.2, 0.25) is 0 Å². The average Bonchev–Trinajstić information content (AvgIpc) is 2.96. The van der Waals surface area contributed by atoms with E-state index in [1.165, 1.54) is 17.1 Å². The van der Waals surface area contributed by atoms with E-state index in [-0.39, 0.29) is 15.6 Å². The number of sulfonamides is 1. The molecule has 0 aromatic carbocycles. The summed E-state index contributed by atoms with van der Waals surface area (Å²) in [5.74, 6) is -0.592. The van der Waals surface area contributed by atoms with Gasteiger partial charge in [-0.1, -0.05) is 0 Å². The fourth-order valence-corrected chi connectivity index (χ4v) is 4.12. The maximum Gasteiger partial charge on any atom is 0.346 e. The zero-order valence-electron chi connectivity index (χ0n) is 11.4. The molecule has 2 heterocycles. The maximum absolute atomic E-state index is 12.1. The molecular formula is C11H14N4O4S2. The van der Waals surface area contributed by atoms with Gasteiger partial charge in [-0.25, -0.2) is 22.9 Å². The van der Waals surface area contributed by atoms with Crippen LogP contribution in [0.3, 0.4) is 0 Å². The highest BCUT2D eigenvalue weighted by Gasteiger charge is 2.21. The normalized spacial score (nSPS) is 11.7. The Morgan fingerprint density at radius 2 is 2.24 bits per heavy atom. The molecule has 2 N–H and O–H groups in total. The summed E-state index contributed by atoms with van der Waals surface area (Å²) in [7, 11) is -1.99. The minimum absolute atomic E-state index is 0.00798. The molecule has 2 aromatic rings. The predicted molar refractivity (Wildman–Crippen MR) is 75.9 cm³/mol. The smallest absolute Gasteiger partial charge is 0.346 e. The van der Waals surface area contributed by atoms with Crippen LogP contribution < -0.4 is 4.72 Å². The second kappa shape index (κ2) is 5.92. The highest BCUT2D eigenvalue weighted by atomic mass is 32.2. The Morgan fingerprint density at radius 3 is 2.76 bits per heavy atom. The summed E-state index contributed by atoms with van der Waals surface area (Å²) >= 11 is 0.740. The van der Waals surface area contributed by atoms with Gasteiger partial charge >= 0.3 is 5.97 Å². The number of aromatic carboxylic acids is 1. The molecular weight excluding hydrogens is 316 g/mol. The maximum atomic E-state index is 12.1. The quantitative estimate of drug-likeness (QED) is 0.792. The number of carbonyl (C=O) groups is 1. The van der Waals surface area contributed by atoms with E-state index in [4.69, 9.17) is 5.11 Å². The summed E-state index contributed by atoms with van der Waals surface area (Å²) in [5, 5.41) is 13.0. The SMILES string of the molecule is Cc1cc(S(=O)(=O)NCCc2ncn(C)n2)sc1C(=O)O. The van der Waals surface area contributed by atoms with Crippen LogP contribution in [0.15, 0.2) is 16.6 Å². The number of carboxylic acids is 1. The van der Waals surface area contributed by atoms with E-state index >= 15 is 0 Å². The third-order valence-electron chi connectivity index (χ3n) is 2.64. The van der Waals surface area contributed by atoms with Crippen molar-refractivity contribution in [3.8, 4) is 0 Å². The van der Waals surface area contributed by atoms with Crippen molar-refractivity contribution in [2.24, 2.45) is 7.05 Å². The van der Waals surface area contributed by atoms with Crippen LogP contribution in [0.4, 0.5) is 0 Å². The van der Waals surface area contributed by atoms with E-state index in [1.807, 2.05) is 0 Å². The number of hydrogen-bond acceptors (Lipinski definition) is 6. The minimum atomic E-state index is -3.72. The molecule has 0 saturated heterocycles. The predicted octanol–water partition coefficient (Wildman–Crippen LogP) is 0.404. The monoisotopic (exact) mass is 330 g/mol. The first kappa shape index (κ1) is 15.6. The fourth-order valence-electron chi connectivity index (χ4n) is 1.66. The van der Waals surface area contributed by atoms with Crippen molar-refractivity contribution < 1.29 is 18.3 Å². The second-order valence-corrected chi connectivity index (χ2v) is 7.41. The molecule has 21 heavy (non-hydrogen) atoms. The number of carboxylic acid groups (broad SMARTS) is 1. The lowest BCUT2D eigenvalue weighted by atomic mass is 10.3. The number of aryl methyl sites for hydroxylation is 2.